The van der Waals surface area contributed by atoms with E-state index in [9.17, 15) is 19.8 Å². The van der Waals surface area contributed by atoms with E-state index in [1.165, 1.54) is 19.2 Å². The topological polar surface area (TPSA) is 117 Å². The molecule has 0 fully saturated rings. The normalized spacial score (nSPS) is 12.6. The molecule has 0 aliphatic carbocycles. The molecular weight excluding hydrogens is 352 g/mol. The third-order valence-electron chi connectivity index (χ3n) is 3.76. The van der Waals surface area contributed by atoms with Gasteiger partial charge in [0, 0.05) is 0 Å². The van der Waals surface area contributed by atoms with E-state index in [-0.39, 0.29) is 0 Å². The lowest BCUT2D eigenvalue weighted by molar-refractivity contribution is -0.142. The Morgan fingerprint density at radius 2 is 1.78 bits per heavy atom. The Labute approximate surface area is 156 Å². The van der Waals surface area contributed by atoms with E-state index in [2.05, 4.69) is 10.6 Å². The number of aliphatic hydroxyl groups excluding tert-OH is 1. The number of hydrogen-bond acceptors (Lipinski definition) is 5. The zero-order valence-corrected chi connectivity index (χ0v) is 15.0. The maximum Gasteiger partial charge on any atom is 0.329 e. The number of carboxylic acid groups (broad SMARTS) is 1. The van der Waals surface area contributed by atoms with Crippen LogP contribution in [-0.2, 0) is 4.79 Å². The van der Waals surface area contributed by atoms with Crippen molar-refractivity contribution in [3.63, 3.8) is 0 Å². The van der Waals surface area contributed by atoms with Crippen LogP contribution < -0.4 is 20.1 Å². The summed E-state index contributed by atoms with van der Waals surface area (Å²) in [6.07, 6.45) is -1.44. The number of benzene rings is 2. The van der Waals surface area contributed by atoms with Crippen LogP contribution in [0.3, 0.4) is 0 Å². The van der Waals surface area contributed by atoms with Crippen LogP contribution in [0.5, 0.6) is 11.5 Å². The summed E-state index contributed by atoms with van der Waals surface area (Å²) in [7, 11) is 1.50. The van der Waals surface area contributed by atoms with Crippen LogP contribution in [0.4, 0.5) is 10.5 Å². The first-order valence-corrected chi connectivity index (χ1v) is 8.30. The van der Waals surface area contributed by atoms with Crippen LogP contribution in [-0.4, -0.2) is 42.0 Å². The molecule has 2 unspecified atom stereocenters. The Morgan fingerprint density at radius 3 is 2.37 bits per heavy atom. The van der Waals surface area contributed by atoms with Crippen LogP contribution in [0.25, 0.3) is 0 Å². The summed E-state index contributed by atoms with van der Waals surface area (Å²) >= 11 is 0. The van der Waals surface area contributed by atoms with Crippen molar-refractivity contribution in [2.45, 2.75) is 19.1 Å². The number of aliphatic hydroxyl groups is 1. The second-order valence-electron chi connectivity index (χ2n) is 5.56. The van der Waals surface area contributed by atoms with Crippen molar-refractivity contribution in [2.75, 3.05) is 19.0 Å². The zero-order valence-electron chi connectivity index (χ0n) is 15.0. The molecule has 0 heterocycles. The first-order valence-electron chi connectivity index (χ1n) is 8.30. The molecule has 0 bridgehead atoms. The summed E-state index contributed by atoms with van der Waals surface area (Å²) in [5.74, 6) is -0.347. The molecule has 2 aromatic rings. The van der Waals surface area contributed by atoms with Gasteiger partial charge in [-0.2, -0.15) is 0 Å². The molecule has 0 aromatic heterocycles. The number of anilines is 1. The first kappa shape index (κ1) is 20.1. The number of methoxy groups -OCH3 is 1. The molecule has 8 heteroatoms. The fourth-order valence-electron chi connectivity index (χ4n) is 2.42. The van der Waals surface area contributed by atoms with Gasteiger partial charge in [0.25, 0.3) is 0 Å². The maximum atomic E-state index is 12.2. The van der Waals surface area contributed by atoms with Gasteiger partial charge >= 0.3 is 12.0 Å². The average molecular weight is 374 g/mol. The van der Waals surface area contributed by atoms with Crippen molar-refractivity contribution >= 4 is 17.7 Å². The fourth-order valence-corrected chi connectivity index (χ4v) is 2.42. The molecule has 8 nitrogen and oxygen atoms in total. The largest absolute Gasteiger partial charge is 0.497 e. The maximum absolute atomic E-state index is 12.2. The van der Waals surface area contributed by atoms with Crippen LogP contribution >= 0.6 is 0 Å². The Balaban J connectivity index is 2.10. The van der Waals surface area contributed by atoms with E-state index in [4.69, 9.17) is 9.47 Å². The average Bonchev–Trinajstić information content (AvgIpc) is 2.67. The van der Waals surface area contributed by atoms with Gasteiger partial charge < -0.3 is 30.3 Å². The number of rotatable bonds is 8. The van der Waals surface area contributed by atoms with Gasteiger partial charge in [0.05, 0.1) is 19.4 Å². The number of ether oxygens (including phenoxy) is 2. The smallest absolute Gasteiger partial charge is 0.329 e. The van der Waals surface area contributed by atoms with E-state index in [0.29, 0.717) is 29.4 Å². The van der Waals surface area contributed by atoms with Gasteiger partial charge in [-0.25, -0.2) is 9.59 Å². The summed E-state index contributed by atoms with van der Waals surface area (Å²) in [6, 6.07) is 10.7. The Bertz CT molecular complexity index is 778. The van der Waals surface area contributed by atoms with Gasteiger partial charge in [0.1, 0.15) is 17.6 Å². The number of amides is 2. The van der Waals surface area contributed by atoms with Gasteiger partial charge in [0.15, 0.2) is 6.04 Å². The molecule has 0 saturated carbocycles. The number of para-hydroxylation sites is 2. The standard InChI is InChI=1S/C19H22N2O6/c1-3-27-15-7-5-4-6-14(15)20-19(25)21-16(18(23)24)17(22)12-8-10-13(26-2)11-9-12/h4-11,16-17,22H,3H2,1-2H3,(H,23,24)(H2,20,21,25). The van der Waals surface area contributed by atoms with Crippen LogP contribution in [0.15, 0.2) is 48.5 Å². The second-order valence-corrected chi connectivity index (χ2v) is 5.56. The highest BCUT2D eigenvalue weighted by Crippen LogP contribution is 2.24. The Morgan fingerprint density at radius 1 is 1.11 bits per heavy atom. The van der Waals surface area contributed by atoms with Crippen molar-refractivity contribution in [2.24, 2.45) is 0 Å². The Kier molecular flexibility index (Phi) is 7.01. The molecule has 0 spiro atoms. The molecule has 0 aliphatic rings. The quantitative estimate of drug-likeness (QED) is 0.564. The lowest BCUT2D eigenvalue weighted by Crippen LogP contribution is -2.46. The summed E-state index contributed by atoms with van der Waals surface area (Å²) < 4.78 is 10.4. The predicted octanol–water partition coefficient (Wildman–Crippen LogP) is 2.40. The summed E-state index contributed by atoms with van der Waals surface area (Å²) in [5, 5.41) is 24.6. The molecule has 27 heavy (non-hydrogen) atoms. The Hall–Kier alpha value is -3.26. The van der Waals surface area contributed by atoms with Crippen molar-refractivity contribution in [1.82, 2.24) is 5.32 Å². The molecule has 144 valence electrons. The van der Waals surface area contributed by atoms with Gasteiger partial charge in [-0.3, -0.25) is 0 Å². The first-order chi connectivity index (χ1) is 13.0. The van der Waals surface area contributed by atoms with Crippen molar-refractivity contribution in [3.8, 4) is 11.5 Å². The lowest BCUT2D eigenvalue weighted by Gasteiger charge is -2.21. The minimum absolute atomic E-state index is 0.332. The minimum Gasteiger partial charge on any atom is -0.497 e. The number of carboxylic acids is 1. The van der Waals surface area contributed by atoms with Gasteiger partial charge in [0.2, 0.25) is 0 Å². The van der Waals surface area contributed by atoms with Gasteiger partial charge in [-0.1, -0.05) is 24.3 Å². The molecule has 2 amide bonds. The highest BCUT2D eigenvalue weighted by molar-refractivity contribution is 5.93. The molecule has 0 radical (unpaired) electrons. The SMILES string of the molecule is CCOc1ccccc1NC(=O)NC(C(=O)O)C(O)c1ccc(OC)cc1. The highest BCUT2D eigenvalue weighted by Gasteiger charge is 2.29. The van der Waals surface area contributed by atoms with Crippen molar-refractivity contribution < 1.29 is 29.3 Å². The molecule has 2 atom stereocenters. The zero-order chi connectivity index (χ0) is 19.8. The number of hydrogen-bond donors (Lipinski definition) is 4. The molecule has 2 rings (SSSR count). The van der Waals surface area contributed by atoms with E-state index in [1.54, 1.807) is 36.4 Å². The monoisotopic (exact) mass is 374 g/mol. The third-order valence-corrected chi connectivity index (χ3v) is 3.76. The van der Waals surface area contributed by atoms with Gasteiger partial charge in [-0.05, 0) is 36.8 Å². The van der Waals surface area contributed by atoms with E-state index in [0.717, 1.165) is 0 Å². The number of carbonyl (C=O) groups excluding carboxylic acids is 1. The number of carbonyl (C=O) groups is 2. The van der Waals surface area contributed by atoms with Gasteiger partial charge in [-0.15, -0.1) is 0 Å². The fraction of sp³-hybridized carbons (Fsp3) is 0.263. The van der Waals surface area contributed by atoms with Crippen LogP contribution in [0.1, 0.15) is 18.6 Å². The predicted molar refractivity (Wildman–Crippen MR) is 99.1 cm³/mol. The summed E-state index contributed by atoms with van der Waals surface area (Å²) in [6.45, 7) is 2.22. The molecular formula is C19H22N2O6. The molecule has 4 N–H and O–H groups in total. The second kappa shape index (κ2) is 9.44. The molecule has 0 aliphatic heterocycles. The lowest BCUT2D eigenvalue weighted by atomic mass is 10.0. The summed E-state index contributed by atoms with van der Waals surface area (Å²) in [5.41, 5.74) is 0.721. The van der Waals surface area contributed by atoms with Crippen molar-refractivity contribution in [1.29, 1.82) is 0 Å². The number of urea groups is 1. The number of nitrogens with one attached hydrogen (secondary N) is 2. The van der Waals surface area contributed by atoms with E-state index < -0.39 is 24.1 Å². The van der Waals surface area contributed by atoms with Crippen molar-refractivity contribution in [3.05, 3.63) is 54.1 Å². The van der Waals surface area contributed by atoms with E-state index in [1.807, 2.05) is 6.92 Å². The third kappa shape index (κ3) is 5.35. The van der Waals surface area contributed by atoms with Crippen LogP contribution in [0.2, 0.25) is 0 Å². The molecule has 2 aromatic carbocycles. The van der Waals surface area contributed by atoms with Crippen LogP contribution in [0, 0.1) is 0 Å². The molecule has 0 saturated heterocycles. The minimum atomic E-state index is -1.54. The van der Waals surface area contributed by atoms with E-state index >= 15 is 0 Å². The summed E-state index contributed by atoms with van der Waals surface area (Å²) in [4.78, 5) is 23.8. The number of aliphatic carboxylic acids is 1. The highest BCUT2D eigenvalue weighted by atomic mass is 16.5.